The molecule has 0 bridgehead atoms. The lowest BCUT2D eigenvalue weighted by Crippen LogP contribution is -2.35. The number of rotatable bonds is 7. The molecule has 0 N–H and O–H groups in total. The molecule has 1 aromatic carbocycles. The highest BCUT2D eigenvalue weighted by molar-refractivity contribution is 5.98. The van der Waals surface area contributed by atoms with Gasteiger partial charge in [-0.1, -0.05) is 0 Å². The van der Waals surface area contributed by atoms with Crippen LogP contribution >= 0.6 is 24.8 Å². The summed E-state index contributed by atoms with van der Waals surface area (Å²) in [5.41, 5.74) is 0.745. The van der Waals surface area contributed by atoms with Crippen molar-refractivity contribution in [1.29, 1.82) is 0 Å². The Balaban J connectivity index is 0. The summed E-state index contributed by atoms with van der Waals surface area (Å²) >= 11 is 0. The molecular formula is C15H26Cl2N2O2. The lowest BCUT2D eigenvalue weighted by molar-refractivity contribution is 0.0871. The van der Waals surface area contributed by atoms with Gasteiger partial charge in [0.15, 0.2) is 5.78 Å². The number of nitrogens with zero attached hydrogens (tertiary/aromatic N) is 2. The molecule has 0 amide bonds. The van der Waals surface area contributed by atoms with Gasteiger partial charge in [-0.15, -0.1) is 24.8 Å². The van der Waals surface area contributed by atoms with Gasteiger partial charge in [0.2, 0.25) is 0 Å². The number of carbonyl (C=O) groups is 1. The van der Waals surface area contributed by atoms with Crippen LogP contribution in [-0.2, 0) is 0 Å². The molecule has 4 nitrogen and oxygen atoms in total. The van der Waals surface area contributed by atoms with Crippen LogP contribution in [0, 0.1) is 5.92 Å². The number of hydrogen-bond donors (Lipinski definition) is 0. The third-order valence-corrected chi connectivity index (χ3v) is 2.92. The van der Waals surface area contributed by atoms with Crippen molar-refractivity contribution in [3.05, 3.63) is 29.8 Å². The summed E-state index contributed by atoms with van der Waals surface area (Å²) in [4.78, 5) is 16.6. The SMILES string of the molecule is COc1ccc(C(=O)C(CN(C)C)CN(C)C)cc1.Cl.Cl. The van der Waals surface area contributed by atoms with E-state index in [1.807, 2.05) is 52.5 Å². The monoisotopic (exact) mass is 336 g/mol. The lowest BCUT2D eigenvalue weighted by Gasteiger charge is -2.23. The molecule has 0 aliphatic carbocycles. The predicted molar refractivity (Wildman–Crippen MR) is 92.4 cm³/mol. The van der Waals surface area contributed by atoms with Gasteiger partial charge in [0.05, 0.1) is 7.11 Å². The Morgan fingerprint density at radius 2 is 1.43 bits per heavy atom. The Morgan fingerprint density at radius 3 is 1.76 bits per heavy atom. The molecule has 0 saturated heterocycles. The molecule has 0 fully saturated rings. The van der Waals surface area contributed by atoms with Gasteiger partial charge in [-0.05, 0) is 52.5 Å². The third kappa shape index (κ3) is 7.67. The van der Waals surface area contributed by atoms with E-state index in [0.717, 1.165) is 24.4 Å². The maximum Gasteiger partial charge on any atom is 0.168 e. The highest BCUT2D eigenvalue weighted by atomic mass is 35.5. The van der Waals surface area contributed by atoms with Crippen LogP contribution in [0.25, 0.3) is 0 Å². The first-order valence-corrected chi connectivity index (χ1v) is 6.41. The van der Waals surface area contributed by atoms with E-state index in [2.05, 4.69) is 9.80 Å². The number of hydrogen-bond acceptors (Lipinski definition) is 4. The predicted octanol–water partition coefficient (Wildman–Crippen LogP) is 2.46. The topological polar surface area (TPSA) is 32.8 Å². The number of Topliss-reactive ketones (excluding diaryl/α,β-unsaturated/α-hetero) is 1. The number of benzene rings is 1. The molecule has 0 aromatic heterocycles. The van der Waals surface area contributed by atoms with Crippen molar-refractivity contribution in [1.82, 2.24) is 9.80 Å². The molecule has 1 rings (SSSR count). The van der Waals surface area contributed by atoms with Crippen LogP contribution in [0.3, 0.4) is 0 Å². The van der Waals surface area contributed by atoms with E-state index in [0.29, 0.717) is 0 Å². The Hall–Kier alpha value is -0.810. The van der Waals surface area contributed by atoms with E-state index in [1.54, 1.807) is 7.11 Å². The quantitative estimate of drug-likeness (QED) is 0.716. The van der Waals surface area contributed by atoms with Crippen LogP contribution in [0.4, 0.5) is 0 Å². The largest absolute Gasteiger partial charge is 0.497 e. The first kappa shape index (κ1) is 22.5. The molecule has 0 radical (unpaired) electrons. The Bertz CT molecular complexity index is 399. The molecule has 122 valence electrons. The Kier molecular flexibility index (Phi) is 11.6. The van der Waals surface area contributed by atoms with Crippen molar-refractivity contribution in [3.8, 4) is 5.75 Å². The number of ketones is 1. The fraction of sp³-hybridized carbons (Fsp3) is 0.533. The second-order valence-electron chi connectivity index (χ2n) is 5.31. The molecule has 0 unspecified atom stereocenters. The minimum atomic E-state index is -0.0154. The third-order valence-electron chi connectivity index (χ3n) is 2.92. The molecule has 21 heavy (non-hydrogen) atoms. The van der Waals surface area contributed by atoms with Crippen LogP contribution in [0.2, 0.25) is 0 Å². The van der Waals surface area contributed by atoms with E-state index < -0.39 is 0 Å². The summed E-state index contributed by atoms with van der Waals surface area (Å²) in [7, 11) is 9.58. The van der Waals surface area contributed by atoms with E-state index >= 15 is 0 Å². The van der Waals surface area contributed by atoms with Gasteiger partial charge in [-0.25, -0.2) is 0 Å². The summed E-state index contributed by atoms with van der Waals surface area (Å²) in [6.07, 6.45) is 0. The normalized spacial score (nSPS) is 10.3. The average Bonchev–Trinajstić information content (AvgIpc) is 2.36. The number of carbonyl (C=O) groups excluding carboxylic acids is 1. The van der Waals surface area contributed by atoms with Gasteiger partial charge < -0.3 is 14.5 Å². The Morgan fingerprint density at radius 1 is 1.00 bits per heavy atom. The summed E-state index contributed by atoms with van der Waals surface area (Å²) in [5, 5.41) is 0. The second kappa shape index (κ2) is 10.9. The molecule has 0 aliphatic heterocycles. The van der Waals surface area contributed by atoms with Gasteiger partial charge in [-0.2, -0.15) is 0 Å². The summed E-state index contributed by atoms with van der Waals surface area (Å²) < 4.78 is 5.11. The zero-order valence-electron chi connectivity index (χ0n) is 13.3. The van der Waals surface area contributed by atoms with Crippen LogP contribution in [0.1, 0.15) is 10.4 Å². The zero-order valence-corrected chi connectivity index (χ0v) is 15.0. The van der Waals surface area contributed by atoms with Crippen molar-refractivity contribution >= 4 is 30.6 Å². The summed E-state index contributed by atoms with van der Waals surface area (Å²) in [6, 6.07) is 7.32. The molecule has 0 atom stereocenters. The van der Waals surface area contributed by atoms with E-state index in [1.165, 1.54) is 0 Å². The number of ether oxygens (including phenoxy) is 1. The van der Waals surface area contributed by atoms with Crippen molar-refractivity contribution in [2.45, 2.75) is 0 Å². The zero-order chi connectivity index (χ0) is 14.4. The molecule has 1 aromatic rings. The van der Waals surface area contributed by atoms with Crippen LogP contribution in [-0.4, -0.2) is 64.0 Å². The average molecular weight is 337 g/mol. The summed E-state index contributed by atoms with van der Waals surface area (Å²) in [5.74, 6) is 0.941. The summed E-state index contributed by atoms with van der Waals surface area (Å²) in [6.45, 7) is 1.51. The molecule has 6 heteroatoms. The number of methoxy groups -OCH3 is 1. The Labute approximate surface area is 140 Å². The van der Waals surface area contributed by atoms with Crippen molar-refractivity contribution in [2.24, 2.45) is 5.92 Å². The molecule has 0 spiro atoms. The highest BCUT2D eigenvalue weighted by Crippen LogP contribution is 2.16. The minimum Gasteiger partial charge on any atom is -0.497 e. The van der Waals surface area contributed by atoms with Gasteiger partial charge in [0, 0.05) is 24.6 Å². The number of halogens is 2. The van der Waals surface area contributed by atoms with Crippen LogP contribution < -0.4 is 4.74 Å². The molecule has 0 saturated carbocycles. The maximum atomic E-state index is 12.5. The standard InChI is InChI=1S/C15H24N2O2.2ClH/c1-16(2)10-13(11-17(3)4)15(18)12-6-8-14(19-5)9-7-12;;/h6-9,13H,10-11H2,1-5H3;2*1H. The van der Waals surface area contributed by atoms with Crippen LogP contribution in [0.5, 0.6) is 5.75 Å². The van der Waals surface area contributed by atoms with Gasteiger partial charge >= 0.3 is 0 Å². The second-order valence-corrected chi connectivity index (χ2v) is 5.31. The maximum absolute atomic E-state index is 12.5. The smallest absolute Gasteiger partial charge is 0.168 e. The van der Waals surface area contributed by atoms with E-state index in [-0.39, 0.29) is 36.5 Å². The van der Waals surface area contributed by atoms with E-state index in [4.69, 9.17) is 4.74 Å². The first-order valence-electron chi connectivity index (χ1n) is 6.41. The molecular weight excluding hydrogens is 311 g/mol. The van der Waals surface area contributed by atoms with Crippen LogP contribution in [0.15, 0.2) is 24.3 Å². The van der Waals surface area contributed by atoms with Crippen molar-refractivity contribution in [2.75, 3.05) is 48.4 Å². The van der Waals surface area contributed by atoms with E-state index in [9.17, 15) is 4.79 Å². The van der Waals surface area contributed by atoms with Crippen molar-refractivity contribution < 1.29 is 9.53 Å². The van der Waals surface area contributed by atoms with Gasteiger partial charge in [-0.3, -0.25) is 4.79 Å². The fourth-order valence-electron chi connectivity index (χ4n) is 2.10. The van der Waals surface area contributed by atoms with Gasteiger partial charge in [0.1, 0.15) is 5.75 Å². The first-order chi connectivity index (χ1) is 8.93. The molecule has 0 aliphatic rings. The minimum absolute atomic E-state index is 0. The lowest BCUT2D eigenvalue weighted by atomic mass is 9.96. The highest BCUT2D eigenvalue weighted by Gasteiger charge is 2.21. The van der Waals surface area contributed by atoms with Crippen molar-refractivity contribution in [3.63, 3.8) is 0 Å². The fourth-order valence-corrected chi connectivity index (χ4v) is 2.10. The van der Waals surface area contributed by atoms with Gasteiger partial charge in [0.25, 0.3) is 0 Å². The molecule has 0 heterocycles.